The van der Waals surface area contributed by atoms with Gasteiger partial charge in [-0.3, -0.25) is 4.79 Å². The maximum absolute atomic E-state index is 13.2. The van der Waals surface area contributed by atoms with Crippen molar-refractivity contribution in [2.24, 2.45) is 0 Å². The van der Waals surface area contributed by atoms with E-state index in [2.05, 4.69) is 9.97 Å². The standard InChI is InChI=1S/C14H13FN2O/c1-8-6-10(4-5-11(8)15)12-7-13(18)17-14(16-12)9-2-3-9/h4-7,9H,2-3H2,1H3,(H,16,17,18). The van der Waals surface area contributed by atoms with Gasteiger partial charge in [0.15, 0.2) is 0 Å². The number of nitrogens with zero attached hydrogens (tertiary/aromatic N) is 1. The van der Waals surface area contributed by atoms with Gasteiger partial charge < -0.3 is 4.98 Å². The lowest BCUT2D eigenvalue weighted by Crippen LogP contribution is -2.10. The van der Waals surface area contributed by atoms with E-state index in [0.29, 0.717) is 17.2 Å². The molecule has 1 aromatic carbocycles. The molecule has 1 fully saturated rings. The predicted molar refractivity (Wildman–Crippen MR) is 67.0 cm³/mol. The van der Waals surface area contributed by atoms with Crippen LogP contribution in [0.1, 0.15) is 30.1 Å². The Hall–Kier alpha value is -1.97. The van der Waals surface area contributed by atoms with Gasteiger partial charge in [0.2, 0.25) is 0 Å². The van der Waals surface area contributed by atoms with Gasteiger partial charge in [-0.15, -0.1) is 0 Å². The average molecular weight is 244 g/mol. The van der Waals surface area contributed by atoms with Gasteiger partial charge in [0.25, 0.3) is 5.56 Å². The summed E-state index contributed by atoms with van der Waals surface area (Å²) >= 11 is 0. The Kier molecular flexibility index (Phi) is 2.51. The molecule has 0 unspecified atom stereocenters. The highest BCUT2D eigenvalue weighted by molar-refractivity contribution is 5.59. The minimum absolute atomic E-state index is 0.149. The third-order valence-electron chi connectivity index (χ3n) is 3.18. The fourth-order valence-electron chi connectivity index (χ4n) is 1.98. The molecule has 1 heterocycles. The van der Waals surface area contributed by atoms with E-state index in [-0.39, 0.29) is 11.4 Å². The Morgan fingerprint density at radius 3 is 2.78 bits per heavy atom. The molecule has 3 rings (SSSR count). The summed E-state index contributed by atoms with van der Waals surface area (Å²) in [7, 11) is 0. The molecule has 2 aromatic rings. The number of aromatic nitrogens is 2. The van der Waals surface area contributed by atoms with Gasteiger partial charge in [-0.05, 0) is 43.5 Å². The molecule has 0 spiro atoms. The second kappa shape index (κ2) is 4.05. The van der Waals surface area contributed by atoms with Gasteiger partial charge in [-0.25, -0.2) is 9.37 Å². The van der Waals surface area contributed by atoms with Gasteiger partial charge in [0.05, 0.1) is 5.69 Å². The van der Waals surface area contributed by atoms with Crippen molar-refractivity contribution in [2.75, 3.05) is 0 Å². The molecular weight excluding hydrogens is 231 g/mol. The summed E-state index contributed by atoms with van der Waals surface area (Å²) < 4.78 is 13.2. The Balaban J connectivity index is 2.09. The normalized spacial score (nSPS) is 14.8. The number of hydrogen-bond donors (Lipinski definition) is 1. The van der Waals surface area contributed by atoms with Crippen LogP contribution in [0.3, 0.4) is 0 Å². The zero-order valence-corrected chi connectivity index (χ0v) is 10.0. The first kappa shape index (κ1) is 11.1. The Bertz CT molecular complexity index is 659. The van der Waals surface area contributed by atoms with Gasteiger partial charge in [-0.1, -0.05) is 0 Å². The topological polar surface area (TPSA) is 45.8 Å². The SMILES string of the molecule is Cc1cc(-c2cc(=O)[nH]c(C3CC3)n2)ccc1F. The van der Waals surface area contributed by atoms with Crippen molar-refractivity contribution in [3.05, 3.63) is 51.8 Å². The summed E-state index contributed by atoms with van der Waals surface area (Å²) in [5.41, 5.74) is 1.80. The minimum atomic E-state index is -0.244. The number of H-pyrrole nitrogens is 1. The third-order valence-corrected chi connectivity index (χ3v) is 3.18. The fraction of sp³-hybridized carbons (Fsp3) is 0.286. The van der Waals surface area contributed by atoms with Crippen LogP contribution in [0.2, 0.25) is 0 Å². The number of aromatic amines is 1. The Morgan fingerprint density at radius 1 is 1.33 bits per heavy atom. The zero-order chi connectivity index (χ0) is 12.7. The van der Waals surface area contributed by atoms with Crippen molar-refractivity contribution in [2.45, 2.75) is 25.7 Å². The van der Waals surface area contributed by atoms with E-state index in [1.165, 1.54) is 12.1 Å². The molecule has 0 atom stereocenters. The predicted octanol–water partition coefficient (Wildman–Crippen LogP) is 2.76. The molecule has 0 aliphatic heterocycles. The van der Waals surface area contributed by atoms with Crippen LogP contribution in [-0.2, 0) is 0 Å². The first-order valence-corrected chi connectivity index (χ1v) is 6.01. The number of hydrogen-bond acceptors (Lipinski definition) is 2. The Labute approximate surface area is 104 Å². The molecule has 0 amide bonds. The van der Waals surface area contributed by atoms with E-state index in [1.54, 1.807) is 19.1 Å². The van der Waals surface area contributed by atoms with Crippen LogP contribution >= 0.6 is 0 Å². The molecule has 1 saturated carbocycles. The van der Waals surface area contributed by atoms with Crippen LogP contribution in [0.4, 0.5) is 4.39 Å². The summed E-state index contributed by atoms with van der Waals surface area (Å²) in [5.74, 6) is 0.893. The molecule has 4 heteroatoms. The summed E-state index contributed by atoms with van der Waals surface area (Å²) in [5, 5.41) is 0. The molecule has 3 nitrogen and oxygen atoms in total. The summed E-state index contributed by atoms with van der Waals surface area (Å²) in [4.78, 5) is 18.8. The molecule has 1 N–H and O–H groups in total. The van der Waals surface area contributed by atoms with E-state index in [9.17, 15) is 9.18 Å². The van der Waals surface area contributed by atoms with Gasteiger partial charge >= 0.3 is 0 Å². The smallest absolute Gasteiger partial charge is 0.251 e. The molecule has 0 radical (unpaired) electrons. The van der Waals surface area contributed by atoms with E-state index in [0.717, 1.165) is 24.2 Å². The van der Waals surface area contributed by atoms with Gasteiger partial charge in [0, 0.05) is 17.5 Å². The van der Waals surface area contributed by atoms with E-state index < -0.39 is 0 Å². The third kappa shape index (κ3) is 2.06. The second-order valence-electron chi connectivity index (χ2n) is 4.75. The van der Waals surface area contributed by atoms with Crippen molar-refractivity contribution in [1.29, 1.82) is 0 Å². The number of aryl methyl sites for hydroxylation is 1. The molecule has 1 aliphatic rings. The lowest BCUT2D eigenvalue weighted by Gasteiger charge is -2.05. The van der Waals surface area contributed by atoms with Crippen molar-refractivity contribution in [3.63, 3.8) is 0 Å². The van der Waals surface area contributed by atoms with E-state index in [4.69, 9.17) is 0 Å². The first-order valence-electron chi connectivity index (χ1n) is 6.01. The monoisotopic (exact) mass is 244 g/mol. The van der Waals surface area contributed by atoms with Gasteiger partial charge in [-0.2, -0.15) is 0 Å². The summed E-state index contributed by atoms with van der Waals surface area (Å²) in [6.45, 7) is 1.70. The van der Waals surface area contributed by atoms with E-state index in [1.807, 2.05) is 0 Å². The second-order valence-corrected chi connectivity index (χ2v) is 4.75. The van der Waals surface area contributed by atoms with Crippen molar-refractivity contribution in [1.82, 2.24) is 9.97 Å². The number of rotatable bonds is 2. The number of benzene rings is 1. The largest absolute Gasteiger partial charge is 0.310 e. The quantitative estimate of drug-likeness (QED) is 0.882. The molecule has 0 bridgehead atoms. The first-order chi connectivity index (χ1) is 8.63. The molecule has 1 aliphatic carbocycles. The fourth-order valence-corrected chi connectivity index (χ4v) is 1.98. The highest BCUT2D eigenvalue weighted by Gasteiger charge is 2.26. The lowest BCUT2D eigenvalue weighted by atomic mass is 10.1. The van der Waals surface area contributed by atoms with Crippen molar-refractivity contribution >= 4 is 0 Å². The maximum Gasteiger partial charge on any atom is 0.251 e. The van der Waals surface area contributed by atoms with Crippen molar-refractivity contribution < 1.29 is 4.39 Å². The molecule has 92 valence electrons. The van der Waals surface area contributed by atoms with Crippen molar-refractivity contribution in [3.8, 4) is 11.3 Å². The van der Waals surface area contributed by atoms with Crippen LogP contribution in [-0.4, -0.2) is 9.97 Å². The van der Waals surface area contributed by atoms with Crippen LogP contribution in [0.5, 0.6) is 0 Å². The molecule has 18 heavy (non-hydrogen) atoms. The Morgan fingerprint density at radius 2 is 2.11 bits per heavy atom. The van der Waals surface area contributed by atoms with Crippen LogP contribution < -0.4 is 5.56 Å². The van der Waals surface area contributed by atoms with Crippen LogP contribution in [0, 0.1) is 12.7 Å². The highest BCUT2D eigenvalue weighted by atomic mass is 19.1. The summed E-state index contributed by atoms with van der Waals surface area (Å²) in [6, 6.07) is 6.23. The highest BCUT2D eigenvalue weighted by Crippen LogP contribution is 2.38. The maximum atomic E-state index is 13.2. The molecule has 0 saturated heterocycles. The van der Waals surface area contributed by atoms with Gasteiger partial charge in [0.1, 0.15) is 11.6 Å². The lowest BCUT2D eigenvalue weighted by molar-refractivity contribution is 0.618. The van der Waals surface area contributed by atoms with Crippen LogP contribution in [0.15, 0.2) is 29.1 Å². The number of halogens is 1. The van der Waals surface area contributed by atoms with Crippen LogP contribution in [0.25, 0.3) is 11.3 Å². The number of nitrogens with one attached hydrogen (secondary N) is 1. The van der Waals surface area contributed by atoms with E-state index >= 15 is 0 Å². The molecular formula is C14H13FN2O. The average Bonchev–Trinajstić information content (AvgIpc) is 3.16. The minimum Gasteiger partial charge on any atom is -0.310 e. The molecule has 1 aromatic heterocycles. The summed E-state index contributed by atoms with van der Waals surface area (Å²) in [6.07, 6.45) is 2.16. The zero-order valence-electron chi connectivity index (χ0n) is 10.0.